The topological polar surface area (TPSA) is 132 Å². The molecule has 1 aromatic heterocycles. The van der Waals surface area contributed by atoms with E-state index in [-0.39, 0.29) is 16.4 Å². The first-order valence-electron chi connectivity index (χ1n) is 8.49. The summed E-state index contributed by atoms with van der Waals surface area (Å²) in [6.45, 7) is 0. The standard InChI is InChI=1S/C20H16BrN3O5S/c21-14-5-3-13(4-6-14)12-17(24-20(26)18-2-1-11-29-18)19(25)23-15-7-9-16(10-8-15)30(22,27)28/h1-12H,(H,23,25)(H,24,26)(H2,22,27,28)/b17-12+. The second-order valence-corrected chi connectivity index (χ2v) is 8.54. The lowest BCUT2D eigenvalue weighted by Gasteiger charge is -2.11. The second kappa shape index (κ2) is 9.08. The summed E-state index contributed by atoms with van der Waals surface area (Å²) in [6.07, 6.45) is 2.85. The molecule has 0 aliphatic rings. The quantitative estimate of drug-likeness (QED) is 0.457. The number of benzene rings is 2. The summed E-state index contributed by atoms with van der Waals surface area (Å²) in [6, 6.07) is 15.5. The predicted octanol–water partition coefficient (Wildman–Crippen LogP) is 3.10. The summed E-state index contributed by atoms with van der Waals surface area (Å²) in [7, 11) is -3.84. The van der Waals surface area contributed by atoms with Gasteiger partial charge in [0.25, 0.3) is 11.8 Å². The molecule has 2 amide bonds. The number of furan rings is 1. The first kappa shape index (κ1) is 21.5. The number of halogens is 1. The molecule has 0 saturated carbocycles. The maximum absolute atomic E-state index is 12.8. The Morgan fingerprint density at radius 3 is 2.23 bits per heavy atom. The molecule has 30 heavy (non-hydrogen) atoms. The molecular formula is C20H16BrN3O5S. The van der Waals surface area contributed by atoms with Crippen LogP contribution in [0.4, 0.5) is 5.69 Å². The summed E-state index contributed by atoms with van der Waals surface area (Å²) in [5.74, 6) is -1.16. The molecule has 10 heteroatoms. The molecular weight excluding hydrogens is 474 g/mol. The Hall–Kier alpha value is -3.21. The summed E-state index contributed by atoms with van der Waals surface area (Å²) in [4.78, 5) is 25.1. The van der Waals surface area contributed by atoms with Crippen LogP contribution in [0.15, 0.2) is 86.4 Å². The molecule has 0 unspecified atom stereocenters. The monoisotopic (exact) mass is 489 g/mol. The van der Waals surface area contributed by atoms with E-state index in [2.05, 4.69) is 26.6 Å². The van der Waals surface area contributed by atoms with Crippen LogP contribution in [0.5, 0.6) is 0 Å². The zero-order valence-corrected chi connectivity index (χ0v) is 17.7. The molecule has 4 N–H and O–H groups in total. The van der Waals surface area contributed by atoms with Crippen molar-refractivity contribution in [1.82, 2.24) is 5.32 Å². The Balaban J connectivity index is 1.85. The first-order chi connectivity index (χ1) is 14.2. The Bertz CT molecular complexity index is 1190. The minimum absolute atomic E-state index is 0.0331. The fourth-order valence-electron chi connectivity index (χ4n) is 2.40. The number of nitrogens with one attached hydrogen (secondary N) is 2. The van der Waals surface area contributed by atoms with Crippen LogP contribution in [-0.2, 0) is 14.8 Å². The van der Waals surface area contributed by atoms with Gasteiger partial charge in [-0.15, -0.1) is 0 Å². The highest BCUT2D eigenvalue weighted by molar-refractivity contribution is 9.10. The fraction of sp³-hybridized carbons (Fsp3) is 0. The Morgan fingerprint density at radius 1 is 1.00 bits per heavy atom. The maximum atomic E-state index is 12.8. The van der Waals surface area contributed by atoms with Gasteiger partial charge in [-0.2, -0.15) is 0 Å². The van der Waals surface area contributed by atoms with Gasteiger partial charge in [-0.05, 0) is 60.2 Å². The highest BCUT2D eigenvalue weighted by Crippen LogP contribution is 2.16. The number of hydrogen-bond donors (Lipinski definition) is 3. The summed E-state index contributed by atoms with van der Waals surface area (Å²) in [5.41, 5.74) is 0.961. The molecule has 1 heterocycles. The number of anilines is 1. The zero-order valence-electron chi connectivity index (χ0n) is 15.3. The summed E-state index contributed by atoms with van der Waals surface area (Å²) in [5, 5.41) is 10.2. The number of sulfonamides is 1. The van der Waals surface area contributed by atoms with Gasteiger partial charge in [0, 0.05) is 10.2 Å². The fourth-order valence-corrected chi connectivity index (χ4v) is 3.18. The summed E-state index contributed by atoms with van der Waals surface area (Å²) >= 11 is 3.34. The van der Waals surface area contributed by atoms with Crippen molar-refractivity contribution >= 4 is 49.5 Å². The SMILES string of the molecule is NS(=O)(=O)c1ccc(NC(=O)/C(=C\c2ccc(Br)cc2)NC(=O)c2ccco2)cc1. The van der Waals surface area contributed by atoms with Gasteiger partial charge in [-0.3, -0.25) is 9.59 Å². The van der Waals surface area contributed by atoms with Crippen molar-refractivity contribution in [3.63, 3.8) is 0 Å². The number of rotatable bonds is 6. The van der Waals surface area contributed by atoms with Crippen LogP contribution in [0.1, 0.15) is 16.1 Å². The molecule has 0 atom stereocenters. The van der Waals surface area contributed by atoms with Crippen LogP contribution >= 0.6 is 15.9 Å². The van der Waals surface area contributed by atoms with Gasteiger partial charge in [-0.25, -0.2) is 13.6 Å². The van der Waals surface area contributed by atoms with Crippen LogP contribution < -0.4 is 15.8 Å². The van der Waals surface area contributed by atoms with Gasteiger partial charge < -0.3 is 15.1 Å². The van der Waals surface area contributed by atoms with E-state index in [9.17, 15) is 18.0 Å². The summed E-state index contributed by atoms with van der Waals surface area (Å²) < 4.78 is 28.6. The zero-order chi connectivity index (χ0) is 21.7. The number of amides is 2. The van der Waals surface area contributed by atoms with E-state index in [0.717, 1.165) is 4.47 Å². The predicted molar refractivity (Wildman–Crippen MR) is 115 cm³/mol. The molecule has 2 aromatic carbocycles. The highest BCUT2D eigenvalue weighted by atomic mass is 79.9. The number of hydrogen-bond acceptors (Lipinski definition) is 5. The lowest BCUT2D eigenvalue weighted by atomic mass is 10.2. The highest BCUT2D eigenvalue weighted by Gasteiger charge is 2.17. The molecule has 0 fully saturated rings. The van der Waals surface area contributed by atoms with Crippen molar-refractivity contribution in [3.8, 4) is 0 Å². The third kappa shape index (κ3) is 5.66. The van der Waals surface area contributed by atoms with Crippen molar-refractivity contribution in [2.75, 3.05) is 5.32 Å². The molecule has 0 spiro atoms. The van der Waals surface area contributed by atoms with Crippen LogP contribution in [0, 0.1) is 0 Å². The van der Waals surface area contributed by atoms with Crippen LogP contribution in [0.25, 0.3) is 6.08 Å². The van der Waals surface area contributed by atoms with Gasteiger partial charge in [0.05, 0.1) is 11.2 Å². The second-order valence-electron chi connectivity index (χ2n) is 6.06. The Morgan fingerprint density at radius 2 is 1.67 bits per heavy atom. The van der Waals surface area contributed by atoms with Crippen LogP contribution in [0.2, 0.25) is 0 Å². The van der Waals surface area contributed by atoms with Gasteiger partial charge in [0.1, 0.15) is 5.70 Å². The minimum atomic E-state index is -3.84. The molecule has 3 aromatic rings. The largest absolute Gasteiger partial charge is 0.459 e. The lowest BCUT2D eigenvalue weighted by Crippen LogP contribution is -2.30. The normalized spacial score (nSPS) is 11.7. The van der Waals surface area contributed by atoms with Crippen molar-refractivity contribution in [3.05, 3.63) is 88.4 Å². The Kier molecular flexibility index (Phi) is 6.50. The molecule has 0 bridgehead atoms. The maximum Gasteiger partial charge on any atom is 0.291 e. The first-order valence-corrected chi connectivity index (χ1v) is 10.8. The number of nitrogens with two attached hydrogens (primary N) is 1. The molecule has 8 nitrogen and oxygen atoms in total. The number of carbonyl (C=O) groups excluding carboxylic acids is 2. The van der Waals surface area contributed by atoms with E-state index in [0.29, 0.717) is 11.3 Å². The van der Waals surface area contributed by atoms with Gasteiger partial charge in [0.2, 0.25) is 10.0 Å². The smallest absolute Gasteiger partial charge is 0.291 e. The van der Waals surface area contributed by atoms with Gasteiger partial charge >= 0.3 is 0 Å². The average molecular weight is 490 g/mol. The molecule has 0 saturated heterocycles. The Labute approximate surface area is 181 Å². The van der Waals surface area contributed by atoms with Crippen molar-refractivity contribution < 1.29 is 22.4 Å². The third-order valence-electron chi connectivity index (χ3n) is 3.86. The average Bonchev–Trinajstić information content (AvgIpc) is 3.24. The molecule has 154 valence electrons. The van der Waals surface area contributed by atoms with Crippen molar-refractivity contribution in [2.45, 2.75) is 4.90 Å². The van der Waals surface area contributed by atoms with E-state index in [1.54, 1.807) is 30.3 Å². The minimum Gasteiger partial charge on any atom is -0.459 e. The van der Waals surface area contributed by atoms with Gasteiger partial charge in [-0.1, -0.05) is 28.1 Å². The van der Waals surface area contributed by atoms with Crippen LogP contribution in [-0.4, -0.2) is 20.2 Å². The molecule has 3 rings (SSSR count). The van der Waals surface area contributed by atoms with Crippen LogP contribution in [0.3, 0.4) is 0 Å². The molecule has 0 aliphatic carbocycles. The third-order valence-corrected chi connectivity index (χ3v) is 5.32. The number of carbonyl (C=O) groups is 2. The van der Waals surface area contributed by atoms with Crippen molar-refractivity contribution in [2.24, 2.45) is 5.14 Å². The van der Waals surface area contributed by atoms with Gasteiger partial charge in [0.15, 0.2) is 5.76 Å². The van der Waals surface area contributed by atoms with E-state index >= 15 is 0 Å². The van der Waals surface area contributed by atoms with E-state index in [1.807, 2.05) is 0 Å². The van der Waals surface area contributed by atoms with E-state index in [1.165, 1.54) is 42.7 Å². The number of primary sulfonamides is 1. The molecule has 0 aliphatic heterocycles. The lowest BCUT2D eigenvalue weighted by molar-refractivity contribution is -0.113. The van der Waals surface area contributed by atoms with E-state index < -0.39 is 21.8 Å². The van der Waals surface area contributed by atoms with Crippen molar-refractivity contribution in [1.29, 1.82) is 0 Å². The molecule has 0 radical (unpaired) electrons. The van der Waals surface area contributed by atoms with E-state index in [4.69, 9.17) is 9.56 Å².